The van der Waals surface area contributed by atoms with Crippen molar-refractivity contribution in [2.45, 2.75) is 35.5 Å². The Morgan fingerprint density at radius 1 is 1.30 bits per heavy atom. The summed E-state index contributed by atoms with van der Waals surface area (Å²) in [6.07, 6.45) is 1.35. The van der Waals surface area contributed by atoms with E-state index >= 15 is 4.39 Å². The predicted octanol–water partition coefficient (Wildman–Crippen LogP) is 2.85. The van der Waals surface area contributed by atoms with E-state index in [1.807, 2.05) is 0 Å². The van der Waals surface area contributed by atoms with E-state index in [9.17, 15) is 18.0 Å². The number of fused-ring (bicyclic) bond motifs is 3. The zero-order valence-corrected chi connectivity index (χ0v) is 22.7. The highest BCUT2D eigenvalue weighted by Crippen LogP contribution is 2.46. The molecular weight excluding hydrogens is 567 g/mol. The summed E-state index contributed by atoms with van der Waals surface area (Å²) in [5.74, 6) is -2.07. The number of amides is 2. The van der Waals surface area contributed by atoms with Gasteiger partial charge in [0.1, 0.15) is 11.4 Å². The van der Waals surface area contributed by atoms with Crippen LogP contribution in [0.3, 0.4) is 0 Å². The highest BCUT2D eigenvalue weighted by atomic mass is 35.5. The van der Waals surface area contributed by atoms with E-state index in [4.69, 9.17) is 31.2 Å². The lowest BCUT2D eigenvalue weighted by Crippen LogP contribution is -2.45. The summed E-state index contributed by atoms with van der Waals surface area (Å²) >= 11 is 5.99. The van der Waals surface area contributed by atoms with Crippen LogP contribution >= 0.6 is 11.6 Å². The maximum absolute atomic E-state index is 15.5. The van der Waals surface area contributed by atoms with Crippen molar-refractivity contribution in [2.24, 2.45) is 5.73 Å². The van der Waals surface area contributed by atoms with E-state index < -0.39 is 45.1 Å². The van der Waals surface area contributed by atoms with Crippen LogP contribution in [0, 0.1) is 5.82 Å². The van der Waals surface area contributed by atoms with Gasteiger partial charge >= 0.3 is 6.09 Å². The van der Waals surface area contributed by atoms with Crippen LogP contribution in [0.15, 0.2) is 51.9 Å². The fourth-order valence-corrected chi connectivity index (χ4v) is 7.17. The second-order valence-corrected chi connectivity index (χ2v) is 12.5. The quantitative estimate of drug-likeness (QED) is 0.485. The van der Waals surface area contributed by atoms with Gasteiger partial charge in [-0.15, -0.1) is 0 Å². The number of hydrogen-bond acceptors (Lipinski definition) is 9. The molecule has 3 aliphatic heterocycles. The van der Waals surface area contributed by atoms with Crippen LogP contribution in [-0.4, -0.2) is 68.4 Å². The monoisotopic (exact) mass is 590 g/mol. The third-order valence-electron chi connectivity index (χ3n) is 7.49. The summed E-state index contributed by atoms with van der Waals surface area (Å²) in [6.45, 7) is 0.416. The molecule has 3 aliphatic rings. The predicted molar refractivity (Wildman–Crippen MR) is 140 cm³/mol. The number of oxazole rings is 1. The van der Waals surface area contributed by atoms with Gasteiger partial charge in [0.25, 0.3) is 0 Å². The zero-order chi connectivity index (χ0) is 28.4. The molecule has 14 heteroatoms. The lowest BCUT2D eigenvalue weighted by Gasteiger charge is -2.30. The third kappa shape index (κ3) is 4.33. The van der Waals surface area contributed by atoms with Crippen LogP contribution in [0.25, 0.3) is 11.5 Å². The number of likely N-dealkylation sites (tertiary alicyclic amines) is 1. The van der Waals surface area contributed by atoms with Gasteiger partial charge in [-0.3, -0.25) is 9.69 Å². The first kappa shape index (κ1) is 26.7. The first-order valence-electron chi connectivity index (χ1n) is 12.3. The number of aromatic nitrogens is 1. The minimum atomic E-state index is -4.12. The Morgan fingerprint density at radius 3 is 2.77 bits per heavy atom. The minimum absolute atomic E-state index is 0.0319. The Balaban J connectivity index is 1.41. The number of sulfone groups is 1. The normalized spacial score (nSPS) is 25.1. The molecule has 2 amide bonds. The summed E-state index contributed by atoms with van der Waals surface area (Å²) in [6, 6.07) is 7.20. The van der Waals surface area contributed by atoms with Crippen molar-refractivity contribution in [3.05, 3.63) is 64.8 Å². The highest BCUT2D eigenvalue weighted by molar-refractivity contribution is 7.91. The number of methoxy groups -OCH3 is 1. The van der Waals surface area contributed by atoms with Crippen LogP contribution in [0.1, 0.15) is 17.7 Å². The summed E-state index contributed by atoms with van der Waals surface area (Å²) in [7, 11) is -2.82. The smallest absolute Gasteiger partial charge is 0.409 e. The van der Waals surface area contributed by atoms with Crippen molar-refractivity contribution in [1.29, 1.82) is 0 Å². The van der Waals surface area contributed by atoms with Gasteiger partial charge < -0.3 is 24.5 Å². The molecule has 210 valence electrons. The number of nitrogens with two attached hydrogens (primary N) is 1. The van der Waals surface area contributed by atoms with E-state index in [0.29, 0.717) is 17.0 Å². The molecule has 0 radical (unpaired) electrons. The van der Waals surface area contributed by atoms with Crippen LogP contribution < -0.4 is 10.6 Å². The zero-order valence-electron chi connectivity index (χ0n) is 21.2. The Bertz CT molecular complexity index is 1630. The number of ether oxygens (including phenoxy) is 2. The average Bonchev–Trinajstić information content (AvgIpc) is 3.67. The van der Waals surface area contributed by atoms with Crippen molar-refractivity contribution < 1.29 is 36.3 Å². The van der Waals surface area contributed by atoms with E-state index in [-0.39, 0.29) is 53.5 Å². The fraction of sp³-hybridized carbons (Fsp3) is 0.346. The van der Waals surface area contributed by atoms with Crippen molar-refractivity contribution in [3.8, 4) is 11.5 Å². The topological polar surface area (TPSA) is 145 Å². The van der Waals surface area contributed by atoms with Gasteiger partial charge in [-0.25, -0.2) is 22.6 Å². The lowest BCUT2D eigenvalue weighted by atomic mass is 10.0. The highest BCUT2D eigenvalue weighted by Gasteiger charge is 2.56. The number of benzene rings is 2. The minimum Gasteiger partial charge on any atom is -0.453 e. The molecule has 4 heterocycles. The van der Waals surface area contributed by atoms with Gasteiger partial charge in [0, 0.05) is 11.4 Å². The molecule has 2 unspecified atom stereocenters. The molecule has 6 rings (SSSR count). The van der Waals surface area contributed by atoms with E-state index in [1.165, 1.54) is 24.3 Å². The molecule has 2 N–H and O–H groups in total. The summed E-state index contributed by atoms with van der Waals surface area (Å²) in [5.41, 5.74) is 5.45. The van der Waals surface area contributed by atoms with E-state index in [0.717, 1.165) is 6.07 Å². The Morgan fingerprint density at radius 2 is 2.05 bits per heavy atom. The van der Waals surface area contributed by atoms with Gasteiger partial charge in [-0.2, -0.15) is 0 Å². The molecule has 2 aromatic carbocycles. The van der Waals surface area contributed by atoms with Gasteiger partial charge in [0.05, 0.1) is 67.0 Å². The van der Waals surface area contributed by atoms with Crippen molar-refractivity contribution in [1.82, 2.24) is 9.88 Å². The molecule has 2 fully saturated rings. The maximum Gasteiger partial charge on any atom is 0.409 e. The number of morpholine rings is 1. The Hall–Kier alpha value is -3.52. The van der Waals surface area contributed by atoms with Gasteiger partial charge in [-0.05, 0) is 29.8 Å². The number of rotatable bonds is 4. The number of halogens is 2. The summed E-state index contributed by atoms with van der Waals surface area (Å²) < 4.78 is 58.5. The summed E-state index contributed by atoms with van der Waals surface area (Å²) in [4.78, 5) is 32.1. The van der Waals surface area contributed by atoms with Crippen LogP contribution in [-0.2, 0) is 36.3 Å². The third-order valence-corrected chi connectivity index (χ3v) is 9.54. The first-order chi connectivity index (χ1) is 19.0. The Labute approximate surface area is 233 Å². The number of nitrogens with zero attached hydrogens (tertiary/aromatic N) is 3. The molecule has 2 saturated heterocycles. The lowest BCUT2D eigenvalue weighted by molar-refractivity contribution is -0.119. The molecule has 11 nitrogen and oxygen atoms in total. The van der Waals surface area contributed by atoms with Crippen LogP contribution in [0.2, 0.25) is 5.02 Å². The van der Waals surface area contributed by atoms with Crippen molar-refractivity contribution in [2.75, 3.05) is 30.9 Å². The van der Waals surface area contributed by atoms with Gasteiger partial charge in [0.2, 0.25) is 11.8 Å². The summed E-state index contributed by atoms with van der Waals surface area (Å²) in [5, 5.41) is 0.490. The molecular formula is C26H24ClFN4O7S. The molecule has 3 aromatic rings. The molecule has 0 aliphatic carbocycles. The molecule has 0 spiro atoms. The van der Waals surface area contributed by atoms with Crippen molar-refractivity contribution in [3.63, 3.8) is 0 Å². The van der Waals surface area contributed by atoms with Gasteiger partial charge in [-0.1, -0.05) is 23.7 Å². The number of hydrogen-bond donors (Lipinski definition) is 1. The standard InChI is InChI=1S/C26H24ClFN4O7S/c1-37-25(34)32-13-26(8-16(32)11-38-26)22-9-30-23(39-22)17-6-20-21(7-18(17)28)40(35,36)12-19(29)24(33)31(20)10-14-2-4-15(27)5-3-14/h2-7,9,16,19H,8,10-13,29H2,1H3/t16?,19-,26?/m0/s1. The second kappa shape index (κ2) is 9.54. The van der Waals surface area contributed by atoms with Crippen LogP contribution in [0.5, 0.6) is 0 Å². The largest absolute Gasteiger partial charge is 0.453 e. The second-order valence-electron chi connectivity index (χ2n) is 10.0. The maximum atomic E-state index is 15.5. The van der Waals surface area contributed by atoms with Gasteiger partial charge in [0.15, 0.2) is 15.6 Å². The number of carbonyl (C=O) groups is 2. The molecule has 0 saturated carbocycles. The first-order valence-corrected chi connectivity index (χ1v) is 14.4. The van der Waals surface area contributed by atoms with E-state index in [2.05, 4.69) is 4.98 Å². The average molecular weight is 591 g/mol. The van der Waals surface area contributed by atoms with E-state index in [1.54, 1.807) is 29.2 Å². The van der Waals surface area contributed by atoms with Crippen molar-refractivity contribution >= 4 is 39.1 Å². The van der Waals surface area contributed by atoms with Crippen LogP contribution in [0.4, 0.5) is 14.9 Å². The Kier molecular flexibility index (Phi) is 6.37. The molecule has 2 bridgehead atoms. The molecule has 1 aromatic heterocycles. The number of anilines is 1. The molecule has 40 heavy (non-hydrogen) atoms. The number of carbonyl (C=O) groups excluding carboxylic acids is 2. The SMILES string of the molecule is COC(=O)N1CC2(c3cnc(-c4cc5c(cc4F)S(=O)(=O)C[C@H](N)C(=O)N5Cc4ccc(Cl)cc4)o3)CC1CO2. The molecule has 3 atom stereocenters. The fourth-order valence-electron chi connectivity index (χ4n) is 5.48.